The van der Waals surface area contributed by atoms with Crippen molar-refractivity contribution in [2.45, 2.75) is 38.3 Å². The Bertz CT molecular complexity index is 1380. The van der Waals surface area contributed by atoms with Gasteiger partial charge in [-0.05, 0) is 51.0 Å². The molecule has 2 atom stereocenters. The van der Waals surface area contributed by atoms with Crippen LogP contribution >= 0.6 is 0 Å². The van der Waals surface area contributed by atoms with Gasteiger partial charge in [0.2, 0.25) is 0 Å². The van der Waals surface area contributed by atoms with E-state index in [4.69, 9.17) is 4.74 Å². The van der Waals surface area contributed by atoms with E-state index in [2.05, 4.69) is 37.7 Å². The van der Waals surface area contributed by atoms with Gasteiger partial charge in [-0.1, -0.05) is 0 Å². The molecule has 1 saturated carbocycles. The van der Waals surface area contributed by atoms with Crippen molar-refractivity contribution >= 4 is 24.1 Å². The first-order valence-corrected chi connectivity index (χ1v) is 11.6. The smallest absolute Gasteiger partial charge is 0.280 e. The van der Waals surface area contributed by atoms with Crippen molar-refractivity contribution in [3.8, 4) is 5.82 Å². The molecular formula is C25H29FN8O3. The zero-order valence-corrected chi connectivity index (χ0v) is 21.1. The molecule has 37 heavy (non-hydrogen) atoms. The molecule has 3 N–H and O–H groups in total. The summed E-state index contributed by atoms with van der Waals surface area (Å²) in [6, 6.07) is 5.69. The predicted molar refractivity (Wildman–Crippen MR) is 139 cm³/mol. The van der Waals surface area contributed by atoms with E-state index in [1.807, 2.05) is 6.92 Å². The molecule has 2 aliphatic rings. The molecule has 12 heteroatoms. The van der Waals surface area contributed by atoms with Gasteiger partial charge < -0.3 is 20.7 Å². The van der Waals surface area contributed by atoms with Gasteiger partial charge in [0.25, 0.3) is 11.5 Å². The number of nitrogens with one attached hydrogen (secondary N) is 3. The highest BCUT2D eigenvalue weighted by molar-refractivity contribution is 5.99. The number of pyridine rings is 2. The van der Waals surface area contributed by atoms with Gasteiger partial charge in [0.05, 0.1) is 17.2 Å². The topological polar surface area (TPSA) is 125 Å². The fourth-order valence-electron chi connectivity index (χ4n) is 4.14. The second-order valence-corrected chi connectivity index (χ2v) is 8.80. The van der Waals surface area contributed by atoms with E-state index in [9.17, 15) is 14.0 Å². The van der Waals surface area contributed by atoms with Crippen LogP contribution in [0, 0.1) is 5.82 Å². The molecule has 3 heterocycles. The molecule has 0 bridgehead atoms. The SMILES string of the molecule is C=NN1C(=NC)C=C(Nc2cccn(-c3ncccc3F)c2=O)N/C1=C(/C)C(=O)NC1CC[C@@]1(C)OC. The second kappa shape index (κ2) is 10.3. The Balaban J connectivity index is 1.64. The van der Waals surface area contributed by atoms with E-state index in [-0.39, 0.29) is 23.5 Å². The fraction of sp³-hybridized carbons (Fsp3) is 0.320. The minimum Gasteiger partial charge on any atom is -0.376 e. The number of aliphatic imine (C=N–C) groups is 1. The number of aromatic nitrogens is 2. The van der Waals surface area contributed by atoms with Crippen molar-refractivity contribution in [3.63, 3.8) is 0 Å². The fourth-order valence-corrected chi connectivity index (χ4v) is 4.14. The summed E-state index contributed by atoms with van der Waals surface area (Å²) in [5.74, 6) is -0.0308. The van der Waals surface area contributed by atoms with Crippen molar-refractivity contribution in [1.82, 2.24) is 25.2 Å². The Labute approximate surface area is 213 Å². The monoisotopic (exact) mass is 508 g/mol. The Morgan fingerprint density at radius 1 is 1.38 bits per heavy atom. The average molecular weight is 509 g/mol. The standard InChI is InChI=1S/C25H29FN8O3/c1-15(23(35)31-18-10-11-25(18,2)37-5)21-32-19(14-20(27-3)34(21)28-4)30-17-9-7-13-33(24(17)36)22-16(26)8-6-12-29-22/h6-9,12-14,18,30,32H,4,10-11H2,1-3,5H3,(H,31,35)/b21-15+,27-20?/t18?,25-/m1/s1. The summed E-state index contributed by atoms with van der Waals surface area (Å²) in [4.78, 5) is 34.5. The molecule has 4 rings (SSSR count). The maximum absolute atomic E-state index is 14.3. The quantitative estimate of drug-likeness (QED) is 0.386. The lowest BCUT2D eigenvalue weighted by atomic mass is 9.76. The first kappa shape index (κ1) is 25.8. The summed E-state index contributed by atoms with van der Waals surface area (Å²) in [5.41, 5.74) is -0.466. The Morgan fingerprint density at radius 2 is 2.16 bits per heavy atom. The first-order chi connectivity index (χ1) is 17.7. The third-order valence-corrected chi connectivity index (χ3v) is 6.64. The number of ether oxygens (including phenoxy) is 1. The Kier molecular flexibility index (Phi) is 7.21. The summed E-state index contributed by atoms with van der Waals surface area (Å²) in [6.45, 7) is 7.20. The minimum absolute atomic E-state index is 0.119. The molecule has 2 aromatic heterocycles. The van der Waals surface area contributed by atoms with Gasteiger partial charge in [-0.25, -0.2) is 9.37 Å². The molecule has 1 fully saturated rings. The number of hydrogen-bond acceptors (Lipinski definition) is 8. The zero-order chi connectivity index (χ0) is 26.7. The van der Waals surface area contributed by atoms with Gasteiger partial charge in [0, 0.05) is 39.3 Å². The lowest BCUT2D eigenvalue weighted by Crippen LogP contribution is -2.59. The van der Waals surface area contributed by atoms with Crippen LogP contribution in [-0.4, -0.2) is 58.8 Å². The van der Waals surface area contributed by atoms with E-state index in [1.54, 1.807) is 39.3 Å². The number of carbonyl (C=O) groups excluding carboxylic acids is 1. The highest BCUT2D eigenvalue weighted by atomic mass is 19.1. The number of nitrogens with zero attached hydrogens (tertiary/aromatic N) is 5. The Morgan fingerprint density at radius 3 is 2.78 bits per heavy atom. The van der Waals surface area contributed by atoms with E-state index >= 15 is 0 Å². The molecule has 1 unspecified atom stereocenters. The number of halogens is 1. The van der Waals surface area contributed by atoms with E-state index < -0.39 is 17.0 Å². The molecule has 194 valence electrons. The van der Waals surface area contributed by atoms with Crippen LogP contribution in [0.5, 0.6) is 0 Å². The van der Waals surface area contributed by atoms with Gasteiger partial charge in [0.15, 0.2) is 17.5 Å². The number of anilines is 1. The van der Waals surface area contributed by atoms with Gasteiger partial charge in [-0.15, -0.1) is 0 Å². The van der Waals surface area contributed by atoms with E-state index in [1.165, 1.54) is 29.5 Å². The van der Waals surface area contributed by atoms with Crippen LogP contribution < -0.4 is 21.5 Å². The highest BCUT2D eigenvalue weighted by Gasteiger charge is 2.44. The molecule has 2 aromatic rings. The van der Waals surface area contributed by atoms with Gasteiger partial charge in [-0.2, -0.15) is 10.1 Å². The second-order valence-electron chi connectivity index (χ2n) is 8.80. The molecule has 0 radical (unpaired) electrons. The number of methoxy groups -OCH3 is 1. The third kappa shape index (κ3) is 4.87. The Hall–Kier alpha value is -4.32. The van der Waals surface area contributed by atoms with Gasteiger partial charge in [-0.3, -0.25) is 19.1 Å². The van der Waals surface area contributed by atoms with E-state index in [0.717, 1.165) is 17.4 Å². The first-order valence-electron chi connectivity index (χ1n) is 11.6. The minimum atomic E-state index is -0.632. The van der Waals surface area contributed by atoms with Crippen molar-refractivity contribution in [2.75, 3.05) is 19.5 Å². The van der Waals surface area contributed by atoms with Gasteiger partial charge in [0.1, 0.15) is 17.3 Å². The largest absolute Gasteiger partial charge is 0.376 e. The van der Waals surface area contributed by atoms with Crippen LogP contribution in [-0.2, 0) is 9.53 Å². The molecule has 0 spiro atoms. The van der Waals surface area contributed by atoms with Crippen LogP contribution in [0.1, 0.15) is 26.7 Å². The lowest BCUT2D eigenvalue weighted by molar-refractivity contribution is -0.127. The highest BCUT2D eigenvalue weighted by Crippen LogP contribution is 2.35. The number of carbonyl (C=O) groups is 1. The van der Waals surface area contributed by atoms with Crippen molar-refractivity contribution in [2.24, 2.45) is 10.1 Å². The van der Waals surface area contributed by atoms with Crippen molar-refractivity contribution < 1.29 is 13.9 Å². The number of amidine groups is 1. The predicted octanol–water partition coefficient (Wildman–Crippen LogP) is 2.09. The van der Waals surface area contributed by atoms with Crippen LogP contribution in [0.3, 0.4) is 0 Å². The molecule has 1 amide bonds. The average Bonchev–Trinajstić information content (AvgIpc) is 2.91. The summed E-state index contributed by atoms with van der Waals surface area (Å²) in [7, 11) is 3.19. The summed E-state index contributed by atoms with van der Waals surface area (Å²) >= 11 is 0. The maximum Gasteiger partial charge on any atom is 0.280 e. The molecule has 0 saturated heterocycles. The van der Waals surface area contributed by atoms with Crippen LogP contribution in [0.15, 0.2) is 74.8 Å². The molecule has 1 aliphatic heterocycles. The number of rotatable bonds is 7. The lowest BCUT2D eigenvalue weighted by Gasteiger charge is -2.46. The zero-order valence-electron chi connectivity index (χ0n) is 21.1. The maximum atomic E-state index is 14.3. The number of hydrazone groups is 1. The van der Waals surface area contributed by atoms with Gasteiger partial charge >= 0.3 is 0 Å². The summed E-state index contributed by atoms with van der Waals surface area (Å²) in [6.07, 6.45) is 6.10. The van der Waals surface area contributed by atoms with Crippen molar-refractivity contribution in [3.05, 3.63) is 76.1 Å². The molecule has 1 aliphatic carbocycles. The molecule has 11 nitrogen and oxygen atoms in total. The summed E-state index contributed by atoms with van der Waals surface area (Å²) in [5, 5.41) is 14.5. The summed E-state index contributed by atoms with van der Waals surface area (Å²) < 4.78 is 20.9. The molecular weight excluding hydrogens is 479 g/mol. The van der Waals surface area contributed by atoms with E-state index in [0.29, 0.717) is 23.1 Å². The molecule has 0 aromatic carbocycles. The van der Waals surface area contributed by atoms with Crippen LogP contribution in [0.2, 0.25) is 0 Å². The normalized spacial score (nSPS) is 23.5. The number of amides is 1. The van der Waals surface area contributed by atoms with Crippen molar-refractivity contribution in [1.29, 1.82) is 0 Å². The number of hydrogen-bond donors (Lipinski definition) is 3. The van der Waals surface area contributed by atoms with Crippen LogP contribution in [0.25, 0.3) is 5.82 Å². The van der Waals surface area contributed by atoms with Crippen LogP contribution in [0.4, 0.5) is 10.1 Å². The third-order valence-electron chi connectivity index (χ3n) is 6.64.